The predicted octanol–water partition coefficient (Wildman–Crippen LogP) is 4.01. The first kappa shape index (κ1) is 14.9. The van der Waals surface area contributed by atoms with Crippen molar-refractivity contribution in [3.05, 3.63) is 59.2 Å². The molecule has 3 rings (SSSR count). The number of rotatable bonds is 4. The lowest BCUT2D eigenvalue weighted by Gasteiger charge is -2.16. The van der Waals surface area contributed by atoms with Crippen molar-refractivity contribution in [2.45, 2.75) is 32.9 Å². The van der Waals surface area contributed by atoms with Crippen LogP contribution in [-0.4, -0.2) is 13.2 Å². The summed E-state index contributed by atoms with van der Waals surface area (Å²) in [5.74, 6) is 1.71. The monoisotopic (exact) mass is 297 g/mol. The molecule has 0 aromatic heterocycles. The van der Waals surface area contributed by atoms with Crippen molar-refractivity contribution in [3.8, 4) is 11.5 Å². The first-order chi connectivity index (χ1) is 10.7. The van der Waals surface area contributed by atoms with Crippen LogP contribution in [-0.2, 0) is 6.54 Å². The number of fused-ring (bicyclic) bond motifs is 1. The van der Waals surface area contributed by atoms with Gasteiger partial charge in [0.25, 0.3) is 0 Å². The second-order valence-corrected chi connectivity index (χ2v) is 5.84. The zero-order chi connectivity index (χ0) is 15.4. The molecule has 0 saturated heterocycles. The molecule has 1 aliphatic rings. The van der Waals surface area contributed by atoms with E-state index in [4.69, 9.17) is 9.47 Å². The maximum atomic E-state index is 5.76. The maximum absolute atomic E-state index is 5.76. The fourth-order valence-corrected chi connectivity index (χ4v) is 2.54. The van der Waals surface area contributed by atoms with E-state index in [1.54, 1.807) is 0 Å². The molecule has 0 amide bonds. The summed E-state index contributed by atoms with van der Waals surface area (Å²) in [6.07, 6.45) is 0.936. The SMILES string of the molecule is Cc1ccc(CNC(C)c2ccc3c(c2)OCCCO3)cc1. The lowest BCUT2D eigenvalue weighted by atomic mass is 10.1. The van der Waals surface area contributed by atoms with Gasteiger partial charge in [0, 0.05) is 19.0 Å². The van der Waals surface area contributed by atoms with Gasteiger partial charge in [-0.1, -0.05) is 35.9 Å². The van der Waals surface area contributed by atoms with Crippen LogP contribution < -0.4 is 14.8 Å². The summed E-state index contributed by atoms with van der Waals surface area (Å²) in [7, 11) is 0. The molecule has 2 aromatic carbocycles. The Morgan fingerprint density at radius 3 is 2.50 bits per heavy atom. The van der Waals surface area contributed by atoms with Crippen molar-refractivity contribution in [1.82, 2.24) is 5.32 Å². The fraction of sp³-hybridized carbons (Fsp3) is 0.368. The highest BCUT2D eigenvalue weighted by molar-refractivity contribution is 5.44. The molecule has 1 atom stereocenters. The molecular weight excluding hydrogens is 274 g/mol. The van der Waals surface area contributed by atoms with Crippen LogP contribution in [0.4, 0.5) is 0 Å². The highest BCUT2D eigenvalue weighted by Crippen LogP contribution is 2.32. The summed E-state index contributed by atoms with van der Waals surface area (Å²) >= 11 is 0. The minimum atomic E-state index is 0.262. The number of nitrogens with one attached hydrogen (secondary N) is 1. The number of ether oxygens (including phenoxy) is 2. The van der Waals surface area contributed by atoms with Gasteiger partial charge in [0.05, 0.1) is 13.2 Å². The largest absolute Gasteiger partial charge is 0.490 e. The van der Waals surface area contributed by atoms with E-state index in [0.717, 1.165) is 37.7 Å². The number of hydrogen-bond acceptors (Lipinski definition) is 3. The van der Waals surface area contributed by atoms with Crippen LogP contribution in [0.25, 0.3) is 0 Å². The van der Waals surface area contributed by atoms with Crippen LogP contribution >= 0.6 is 0 Å². The van der Waals surface area contributed by atoms with Crippen molar-refractivity contribution in [2.75, 3.05) is 13.2 Å². The minimum absolute atomic E-state index is 0.262. The smallest absolute Gasteiger partial charge is 0.161 e. The average Bonchev–Trinajstić information content (AvgIpc) is 2.78. The Morgan fingerprint density at radius 2 is 1.73 bits per heavy atom. The van der Waals surface area contributed by atoms with Gasteiger partial charge in [-0.2, -0.15) is 0 Å². The number of hydrogen-bond donors (Lipinski definition) is 1. The summed E-state index contributed by atoms with van der Waals surface area (Å²) in [6, 6.07) is 15.1. The maximum Gasteiger partial charge on any atom is 0.161 e. The van der Waals surface area contributed by atoms with E-state index in [1.807, 2.05) is 6.07 Å². The molecule has 3 heteroatoms. The van der Waals surface area contributed by atoms with Crippen LogP contribution in [0.3, 0.4) is 0 Å². The third kappa shape index (κ3) is 3.60. The van der Waals surface area contributed by atoms with Gasteiger partial charge in [0.2, 0.25) is 0 Å². The van der Waals surface area contributed by atoms with E-state index in [-0.39, 0.29) is 6.04 Å². The molecule has 0 aliphatic carbocycles. The third-order valence-corrected chi connectivity index (χ3v) is 4.00. The molecule has 0 bridgehead atoms. The Labute approximate surface area is 132 Å². The van der Waals surface area contributed by atoms with Crippen LogP contribution in [0.5, 0.6) is 11.5 Å². The van der Waals surface area contributed by atoms with E-state index < -0.39 is 0 Å². The number of aryl methyl sites for hydroxylation is 1. The second kappa shape index (κ2) is 6.84. The predicted molar refractivity (Wildman–Crippen MR) is 88.5 cm³/mol. The van der Waals surface area contributed by atoms with Crippen LogP contribution in [0.1, 0.15) is 36.1 Å². The second-order valence-electron chi connectivity index (χ2n) is 5.84. The van der Waals surface area contributed by atoms with E-state index in [0.29, 0.717) is 0 Å². The Balaban J connectivity index is 1.65. The van der Waals surface area contributed by atoms with Gasteiger partial charge in [-0.15, -0.1) is 0 Å². The van der Waals surface area contributed by atoms with E-state index in [1.165, 1.54) is 16.7 Å². The lowest BCUT2D eigenvalue weighted by Crippen LogP contribution is -2.18. The standard InChI is InChI=1S/C19H23NO2/c1-14-4-6-16(7-5-14)13-20-15(2)17-8-9-18-19(12-17)22-11-3-10-21-18/h4-9,12,15,20H,3,10-11,13H2,1-2H3. The summed E-state index contributed by atoms with van der Waals surface area (Å²) in [5.41, 5.74) is 3.81. The minimum Gasteiger partial charge on any atom is -0.490 e. The Hall–Kier alpha value is -2.00. The molecule has 0 saturated carbocycles. The molecular formula is C19H23NO2. The van der Waals surface area contributed by atoms with Crippen molar-refractivity contribution < 1.29 is 9.47 Å². The normalized spacial score (nSPS) is 15.2. The Kier molecular flexibility index (Phi) is 4.64. The van der Waals surface area contributed by atoms with Gasteiger partial charge in [0.15, 0.2) is 11.5 Å². The zero-order valence-electron chi connectivity index (χ0n) is 13.3. The first-order valence-corrected chi connectivity index (χ1v) is 7.91. The van der Waals surface area contributed by atoms with Crippen molar-refractivity contribution in [1.29, 1.82) is 0 Å². The molecule has 22 heavy (non-hydrogen) atoms. The summed E-state index contributed by atoms with van der Waals surface area (Å²) in [4.78, 5) is 0. The quantitative estimate of drug-likeness (QED) is 0.925. The molecule has 0 spiro atoms. The average molecular weight is 297 g/mol. The van der Waals surface area contributed by atoms with Crippen molar-refractivity contribution in [2.24, 2.45) is 0 Å². The molecule has 0 radical (unpaired) electrons. The van der Waals surface area contributed by atoms with Gasteiger partial charge in [-0.05, 0) is 37.1 Å². The summed E-state index contributed by atoms with van der Waals surface area (Å²) in [5, 5.41) is 3.56. The lowest BCUT2D eigenvalue weighted by molar-refractivity contribution is 0.297. The van der Waals surface area contributed by atoms with Gasteiger partial charge in [0.1, 0.15) is 0 Å². The molecule has 116 valence electrons. The molecule has 1 unspecified atom stereocenters. The first-order valence-electron chi connectivity index (χ1n) is 7.91. The third-order valence-electron chi connectivity index (χ3n) is 4.00. The van der Waals surface area contributed by atoms with E-state index in [9.17, 15) is 0 Å². The highest BCUT2D eigenvalue weighted by Gasteiger charge is 2.13. The Bertz CT molecular complexity index is 622. The Morgan fingerprint density at radius 1 is 1.00 bits per heavy atom. The zero-order valence-corrected chi connectivity index (χ0v) is 13.3. The molecule has 3 nitrogen and oxygen atoms in total. The summed E-state index contributed by atoms with van der Waals surface area (Å²) in [6.45, 7) is 6.59. The summed E-state index contributed by atoms with van der Waals surface area (Å²) < 4.78 is 11.4. The van der Waals surface area contributed by atoms with Gasteiger partial charge < -0.3 is 14.8 Å². The van der Waals surface area contributed by atoms with E-state index >= 15 is 0 Å². The van der Waals surface area contributed by atoms with Crippen LogP contribution in [0.15, 0.2) is 42.5 Å². The van der Waals surface area contributed by atoms with Gasteiger partial charge in [-0.25, -0.2) is 0 Å². The van der Waals surface area contributed by atoms with Crippen LogP contribution in [0, 0.1) is 6.92 Å². The van der Waals surface area contributed by atoms with Crippen molar-refractivity contribution in [3.63, 3.8) is 0 Å². The van der Waals surface area contributed by atoms with Gasteiger partial charge in [-0.3, -0.25) is 0 Å². The van der Waals surface area contributed by atoms with Crippen molar-refractivity contribution >= 4 is 0 Å². The molecule has 1 heterocycles. The molecule has 1 N–H and O–H groups in total. The molecule has 0 fully saturated rings. The van der Waals surface area contributed by atoms with Crippen LogP contribution in [0.2, 0.25) is 0 Å². The fourth-order valence-electron chi connectivity index (χ4n) is 2.54. The number of benzene rings is 2. The molecule has 1 aliphatic heterocycles. The highest BCUT2D eigenvalue weighted by atomic mass is 16.5. The molecule has 2 aromatic rings. The van der Waals surface area contributed by atoms with E-state index in [2.05, 4.69) is 55.6 Å². The topological polar surface area (TPSA) is 30.5 Å². The van der Waals surface area contributed by atoms with Gasteiger partial charge >= 0.3 is 0 Å².